The molecule has 0 heterocycles. The van der Waals surface area contributed by atoms with E-state index in [4.69, 9.17) is 0 Å². The van der Waals surface area contributed by atoms with Gasteiger partial charge in [-0.3, -0.25) is 4.79 Å². The topological polar surface area (TPSA) is 54.4 Å². The maximum atomic E-state index is 11.6. The van der Waals surface area contributed by atoms with Crippen LogP contribution in [0.2, 0.25) is 0 Å². The van der Waals surface area contributed by atoms with E-state index in [-0.39, 0.29) is 17.6 Å². The van der Waals surface area contributed by atoms with E-state index in [9.17, 15) is 14.7 Å². The molecule has 4 saturated carbocycles. The van der Waals surface area contributed by atoms with Crippen molar-refractivity contribution in [3.05, 3.63) is 0 Å². The third-order valence-electron chi connectivity index (χ3n) is 5.61. The molecule has 0 spiro atoms. The van der Waals surface area contributed by atoms with Crippen molar-refractivity contribution in [3.63, 3.8) is 0 Å². The van der Waals surface area contributed by atoms with Gasteiger partial charge in [0.2, 0.25) is 0 Å². The summed E-state index contributed by atoms with van der Waals surface area (Å²) in [5, 5.41) is 9.53. The third kappa shape index (κ3) is 1.88. The predicted molar refractivity (Wildman–Crippen MR) is 67.0 cm³/mol. The van der Waals surface area contributed by atoms with Crippen molar-refractivity contribution in [2.45, 2.75) is 51.9 Å². The fourth-order valence-electron chi connectivity index (χ4n) is 5.46. The van der Waals surface area contributed by atoms with Gasteiger partial charge in [-0.2, -0.15) is 0 Å². The highest BCUT2D eigenvalue weighted by molar-refractivity contribution is 5.82. The van der Waals surface area contributed by atoms with Crippen LogP contribution in [0, 0.1) is 29.1 Å². The van der Waals surface area contributed by atoms with Gasteiger partial charge >= 0.3 is 5.97 Å². The number of hydrogen-bond acceptors (Lipinski definition) is 2. The summed E-state index contributed by atoms with van der Waals surface area (Å²) in [4.78, 5) is 23.0. The smallest absolute Gasteiger partial charge is 0.307 e. The van der Waals surface area contributed by atoms with Crippen LogP contribution < -0.4 is 0 Å². The summed E-state index contributed by atoms with van der Waals surface area (Å²) in [5.74, 6) is 1.08. The Labute approximate surface area is 108 Å². The molecule has 0 aromatic carbocycles. The van der Waals surface area contributed by atoms with Crippen molar-refractivity contribution < 1.29 is 14.7 Å². The van der Waals surface area contributed by atoms with Crippen LogP contribution >= 0.6 is 0 Å². The Morgan fingerprint density at radius 1 is 1.11 bits per heavy atom. The molecule has 0 radical (unpaired) electrons. The summed E-state index contributed by atoms with van der Waals surface area (Å²) >= 11 is 0. The van der Waals surface area contributed by atoms with Gasteiger partial charge in [-0.05, 0) is 68.6 Å². The lowest BCUT2D eigenvalue weighted by atomic mass is 9.46. The van der Waals surface area contributed by atoms with Crippen LogP contribution in [0.4, 0.5) is 0 Å². The normalized spacial score (nSPS) is 42.8. The number of rotatable bonds is 4. The minimum absolute atomic E-state index is 0.0261. The maximum Gasteiger partial charge on any atom is 0.307 e. The number of hydrogen-bond donors (Lipinski definition) is 1. The van der Waals surface area contributed by atoms with E-state index in [2.05, 4.69) is 0 Å². The van der Waals surface area contributed by atoms with Gasteiger partial charge in [0.25, 0.3) is 0 Å². The molecule has 100 valence electrons. The lowest BCUT2D eigenvalue weighted by molar-refractivity contribution is -0.160. The van der Waals surface area contributed by atoms with Crippen LogP contribution in [0.15, 0.2) is 0 Å². The highest BCUT2D eigenvalue weighted by Gasteiger charge is 2.55. The van der Waals surface area contributed by atoms with Gasteiger partial charge in [0.15, 0.2) is 0 Å². The molecule has 18 heavy (non-hydrogen) atoms. The van der Waals surface area contributed by atoms with Crippen molar-refractivity contribution in [1.82, 2.24) is 0 Å². The second-order valence-corrected chi connectivity index (χ2v) is 7.08. The number of carbonyl (C=O) groups excluding carboxylic acids is 1. The third-order valence-corrected chi connectivity index (χ3v) is 5.61. The molecule has 0 saturated heterocycles. The average Bonchev–Trinajstić information content (AvgIpc) is 2.23. The molecule has 0 aromatic rings. The average molecular weight is 250 g/mol. The fraction of sp³-hybridized carbons (Fsp3) is 0.867. The zero-order valence-corrected chi connectivity index (χ0v) is 11.0. The maximum absolute atomic E-state index is 11.6. The number of ketones is 1. The lowest BCUT2D eigenvalue weighted by Gasteiger charge is -2.58. The summed E-state index contributed by atoms with van der Waals surface area (Å²) in [7, 11) is 0. The molecule has 4 bridgehead atoms. The molecule has 1 N–H and O–H groups in total. The zero-order valence-electron chi connectivity index (χ0n) is 11.0. The summed E-state index contributed by atoms with van der Waals surface area (Å²) in [6, 6.07) is 0. The minimum Gasteiger partial charge on any atom is -0.481 e. The van der Waals surface area contributed by atoms with E-state index in [1.54, 1.807) is 0 Å². The van der Waals surface area contributed by atoms with Crippen molar-refractivity contribution in [3.8, 4) is 0 Å². The number of Topliss-reactive ketones (excluding diaryl/α,β-unsaturated/α-hetero) is 1. The molecule has 4 rings (SSSR count). The Bertz CT molecular complexity index is 350. The van der Waals surface area contributed by atoms with E-state index in [0.29, 0.717) is 0 Å². The Morgan fingerprint density at radius 2 is 1.56 bits per heavy atom. The van der Waals surface area contributed by atoms with Crippen molar-refractivity contribution in [2.24, 2.45) is 29.1 Å². The molecule has 0 aliphatic heterocycles. The molecular formula is C15H22O3. The minimum atomic E-state index is -0.743. The van der Waals surface area contributed by atoms with Gasteiger partial charge in [0.1, 0.15) is 5.78 Å². The first-order valence-electron chi connectivity index (χ1n) is 7.21. The molecule has 3 heteroatoms. The summed E-state index contributed by atoms with van der Waals surface area (Å²) in [5.41, 5.74) is -0.0494. The van der Waals surface area contributed by atoms with E-state index in [1.807, 2.05) is 0 Å². The van der Waals surface area contributed by atoms with E-state index in [0.717, 1.165) is 37.0 Å². The molecule has 4 aliphatic rings. The summed E-state index contributed by atoms with van der Waals surface area (Å²) in [6.45, 7) is 1.52. The van der Waals surface area contributed by atoms with Crippen LogP contribution in [0.3, 0.4) is 0 Å². The van der Waals surface area contributed by atoms with Crippen LogP contribution in [-0.4, -0.2) is 16.9 Å². The highest BCUT2D eigenvalue weighted by atomic mass is 16.4. The van der Waals surface area contributed by atoms with Crippen molar-refractivity contribution >= 4 is 11.8 Å². The van der Waals surface area contributed by atoms with Crippen LogP contribution in [-0.2, 0) is 9.59 Å². The second kappa shape index (κ2) is 4.07. The van der Waals surface area contributed by atoms with Gasteiger partial charge in [0, 0.05) is 6.42 Å². The number of carbonyl (C=O) groups is 2. The summed E-state index contributed by atoms with van der Waals surface area (Å²) < 4.78 is 0. The first kappa shape index (κ1) is 12.2. The lowest BCUT2D eigenvalue weighted by Crippen LogP contribution is -2.51. The monoisotopic (exact) mass is 250 g/mol. The first-order chi connectivity index (χ1) is 8.48. The van der Waals surface area contributed by atoms with E-state index in [1.165, 1.54) is 26.2 Å². The van der Waals surface area contributed by atoms with Gasteiger partial charge in [-0.15, -0.1) is 0 Å². The molecule has 4 aliphatic carbocycles. The van der Waals surface area contributed by atoms with Crippen LogP contribution in [0.5, 0.6) is 0 Å². The van der Waals surface area contributed by atoms with Crippen LogP contribution in [0.1, 0.15) is 51.9 Å². The van der Waals surface area contributed by atoms with E-state index < -0.39 is 11.9 Å². The first-order valence-corrected chi connectivity index (χ1v) is 7.21. The Hall–Kier alpha value is -0.860. The molecular weight excluding hydrogens is 228 g/mol. The van der Waals surface area contributed by atoms with Crippen LogP contribution in [0.25, 0.3) is 0 Å². The Morgan fingerprint density at radius 3 is 1.89 bits per heavy atom. The van der Waals surface area contributed by atoms with Gasteiger partial charge in [-0.25, -0.2) is 0 Å². The zero-order chi connectivity index (χ0) is 12.9. The molecule has 3 nitrogen and oxygen atoms in total. The molecule has 0 amide bonds. The Balaban J connectivity index is 1.88. The molecule has 1 unspecified atom stereocenters. The quantitative estimate of drug-likeness (QED) is 0.834. The SMILES string of the molecule is CC(=O)CC(C(=O)O)C12CC3CC(CC(C3)C1)C2. The van der Waals surface area contributed by atoms with Crippen molar-refractivity contribution in [2.75, 3.05) is 0 Å². The van der Waals surface area contributed by atoms with Gasteiger partial charge < -0.3 is 9.90 Å². The predicted octanol–water partition coefficient (Wildman–Crippen LogP) is 2.88. The fourth-order valence-corrected chi connectivity index (χ4v) is 5.46. The number of carboxylic acid groups (broad SMARTS) is 1. The summed E-state index contributed by atoms with van der Waals surface area (Å²) in [6.07, 6.45) is 7.35. The Kier molecular flexibility index (Phi) is 2.76. The highest BCUT2D eigenvalue weighted by Crippen LogP contribution is 2.63. The van der Waals surface area contributed by atoms with Gasteiger partial charge in [-0.1, -0.05) is 0 Å². The molecule has 0 aromatic heterocycles. The molecule has 4 fully saturated rings. The van der Waals surface area contributed by atoms with Gasteiger partial charge in [0.05, 0.1) is 5.92 Å². The number of carboxylic acids is 1. The second-order valence-electron chi connectivity index (χ2n) is 7.08. The largest absolute Gasteiger partial charge is 0.481 e. The number of aliphatic carboxylic acids is 1. The van der Waals surface area contributed by atoms with Crippen molar-refractivity contribution in [1.29, 1.82) is 0 Å². The van der Waals surface area contributed by atoms with E-state index >= 15 is 0 Å². The molecule has 1 atom stereocenters. The standard InChI is InChI=1S/C15H22O3/c1-9(16)2-13(14(17)18)15-6-10-3-11(7-15)5-12(4-10)8-15/h10-13H,2-8H2,1H3,(H,17,18).